The number of rotatable bonds is 3. The van der Waals surface area contributed by atoms with Crippen LogP contribution in [0.15, 0.2) is 24.3 Å². The predicted molar refractivity (Wildman–Crippen MR) is 84.2 cm³/mol. The Kier molecular flexibility index (Phi) is 5.51. The van der Waals surface area contributed by atoms with E-state index in [1.54, 1.807) is 4.90 Å². The van der Waals surface area contributed by atoms with Crippen molar-refractivity contribution in [2.45, 2.75) is 32.9 Å². The second kappa shape index (κ2) is 7.23. The van der Waals surface area contributed by atoms with Gasteiger partial charge in [-0.05, 0) is 37.1 Å². The molecule has 1 N–H and O–H groups in total. The minimum atomic E-state index is -4.39. The number of carbonyl (C=O) groups is 2. The highest BCUT2D eigenvalue weighted by atomic mass is 19.4. The number of anilines is 1. The summed E-state index contributed by atoms with van der Waals surface area (Å²) < 4.78 is 37.5. The SMILES string of the molecule is CC(C)C(=O)N1CCC(C(=O)Nc2ccc(C(F)(F)F)cc2)CC1. The number of hydrogen-bond donors (Lipinski definition) is 1. The van der Waals surface area contributed by atoms with E-state index < -0.39 is 11.7 Å². The smallest absolute Gasteiger partial charge is 0.342 e. The summed E-state index contributed by atoms with van der Waals surface area (Å²) in [7, 11) is 0. The third-order valence-corrected chi connectivity index (χ3v) is 4.15. The lowest BCUT2D eigenvalue weighted by atomic mass is 9.95. The van der Waals surface area contributed by atoms with Gasteiger partial charge in [-0.3, -0.25) is 9.59 Å². The molecule has 1 aromatic carbocycles. The maximum absolute atomic E-state index is 12.5. The number of likely N-dealkylation sites (tertiary alicyclic amines) is 1. The Morgan fingerprint density at radius 3 is 2.12 bits per heavy atom. The Labute approximate surface area is 139 Å². The van der Waals surface area contributed by atoms with Gasteiger partial charge in [0.25, 0.3) is 0 Å². The van der Waals surface area contributed by atoms with E-state index in [0.717, 1.165) is 12.1 Å². The molecule has 1 heterocycles. The van der Waals surface area contributed by atoms with Crippen molar-refractivity contribution in [3.05, 3.63) is 29.8 Å². The highest BCUT2D eigenvalue weighted by molar-refractivity contribution is 5.92. The number of piperidine rings is 1. The minimum absolute atomic E-state index is 0.0671. The maximum atomic E-state index is 12.5. The van der Waals surface area contributed by atoms with Crippen LogP contribution in [0.4, 0.5) is 18.9 Å². The maximum Gasteiger partial charge on any atom is 0.416 e. The Bertz CT molecular complexity index is 589. The van der Waals surface area contributed by atoms with Crippen LogP contribution >= 0.6 is 0 Å². The molecule has 0 aromatic heterocycles. The zero-order chi connectivity index (χ0) is 17.9. The summed E-state index contributed by atoms with van der Waals surface area (Å²) in [4.78, 5) is 25.9. The summed E-state index contributed by atoms with van der Waals surface area (Å²) in [6.07, 6.45) is -3.27. The van der Waals surface area contributed by atoms with E-state index in [1.807, 2.05) is 13.8 Å². The highest BCUT2D eigenvalue weighted by Gasteiger charge is 2.31. The van der Waals surface area contributed by atoms with Crippen LogP contribution in [0.25, 0.3) is 0 Å². The molecule has 0 saturated carbocycles. The summed E-state index contributed by atoms with van der Waals surface area (Å²) in [6, 6.07) is 4.38. The Morgan fingerprint density at radius 1 is 1.12 bits per heavy atom. The molecule has 0 spiro atoms. The molecule has 4 nitrogen and oxygen atoms in total. The van der Waals surface area contributed by atoms with Gasteiger partial charge >= 0.3 is 6.18 Å². The topological polar surface area (TPSA) is 49.4 Å². The van der Waals surface area contributed by atoms with Crippen molar-refractivity contribution in [2.75, 3.05) is 18.4 Å². The zero-order valence-corrected chi connectivity index (χ0v) is 13.7. The number of nitrogens with one attached hydrogen (secondary N) is 1. The van der Waals surface area contributed by atoms with Crippen molar-refractivity contribution in [1.29, 1.82) is 0 Å². The summed E-state index contributed by atoms with van der Waals surface area (Å²) >= 11 is 0. The van der Waals surface area contributed by atoms with Crippen molar-refractivity contribution in [3.8, 4) is 0 Å². The number of carbonyl (C=O) groups excluding carboxylic acids is 2. The third kappa shape index (κ3) is 4.49. The lowest BCUT2D eigenvalue weighted by Gasteiger charge is -2.32. The first-order valence-corrected chi connectivity index (χ1v) is 7.95. The molecule has 0 radical (unpaired) electrons. The van der Waals surface area contributed by atoms with Crippen LogP contribution in [-0.2, 0) is 15.8 Å². The molecule has 1 aromatic rings. The fourth-order valence-electron chi connectivity index (χ4n) is 2.71. The van der Waals surface area contributed by atoms with E-state index in [-0.39, 0.29) is 23.7 Å². The van der Waals surface area contributed by atoms with E-state index in [0.29, 0.717) is 31.6 Å². The first-order chi connectivity index (χ1) is 11.2. The summed E-state index contributed by atoms with van der Waals surface area (Å²) in [6.45, 7) is 4.74. The van der Waals surface area contributed by atoms with Crippen LogP contribution in [0, 0.1) is 11.8 Å². The molecule has 7 heteroatoms. The van der Waals surface area contributed by atoms with Crippen LogP contribution in [0.1, 0.15) is 32.3 Å². The molecule has 24 heavy (non-hydrogen) atoms. The average Bonchev–Trinajstić information content (AvgIpc) is 2.54. The van der Waals surface area contributed by atoms with Crippen molar-refractivity contribution in [3.63, 3.8) is 0 Å². The van der Waals surface area contributed by atoms with Crippen molar-refractivity contribution < 1.29 is 22.8 Å². The number of nitrogens with zero attached hydrogens (tertiary/aromatic N) is 1. The zero-order valence-electron chi connectivity index (χ0n) is 13.7. The first-order valence-electron chi connectivity index (χ1n) is 7.95. The molecule has 2 rings (SSSR count). The molecule has 0 atom stereocenters. The summed E-state index contributed by atoms with van der Waals surface area (Å²) in [5, 5.41) is 2.65. The number of halogens is 3. The third-order valence-electron chi connectivity index (χ3n) is 4.15. The molecule has 1 saturated heterocycles. The monoisotopic (exact) mass is 342 g/mol. The molecule has 1 aliphatic rings. The standard InChI is InChI=1S/C17H21F3N2O2/c1-11(2)16(24)22-9-7-12(8-10-22)15(23)21-14-5-3-13(4-6-14)17(18,19)20/h3-6,11-12H,7-10H2,1-2H3,(H,21,23). The van der Waals surface area contributed by atoms with Gasteiger partial charge in [0, 0.05) is 30.6 Å². The number of benzene rings is 1. The van der Waals surface area contributed by atoms with E-state index in [9.17, 15) is 22.8 Å². The lowest BCUT2D eigenvalue weighted by molar-refractivity contribution is -0.138. The van der Waals surface area contributed by atoms with Crippen molar-refractivity contribution in [2.24, 2.45) is 11.8 Å². The van der Waals surface area contributed by atoms with Gasteiger partial charge in [-0.25, -0.2) is 0 Å². The number of amides is 2. The largest absolute Gasteiger partial charge is 0.416 e. The average molecular weight is 342 g/mol. The van der Waals surface area contributed by atoms with Gasteiger partial charge < -0.3 is 10.2 Å². The van der Waals surface area contributed by atoms with E-state index in [4.69, 9.17) is 0 Å². The van der Waals surface area contributed by atoms with Crippen LogP contribution in [0.5, 0.6) is 0 Å². The molecule has 1 fully saturated rings. The van der Waals surface area contributed by atoms with Crippen LogP contribution in [0.3, 0.4) is 0 Å². The fraction of sp³-hybridized carbons (Fsp3) is 0.529. The van der Waals surface area contributed by atoms with E-state index in [1.165, 1.54) is 12.1 Å². The van der Waals surface area contributed by atoms with Crippen LogP contribution in [-0.4, -0.2) is 29.8 Å². The summed E-state index contributed by atoms with van der Waals surface area (Å²) in [5.74, 6) is -0.436. The molecular formula is C17H21F3N2O2. The predicted octanol–water partition coefficient (Wildman–Crippen LogP) is 3.54. The highest BCUT2D eigenvalue weighted by Crippen LogP contribution is 2.30. The molecule has 0 bridgehead atoms. The Hall–Kier alpha value is -2.05. The van der Waals surface area contributed by atoms with Gasteiger partial charge in [0.05, 0.1) is 5.56 Å². The van der Waals surface area contributed by atoms with Gasteiger partial charge in [-0.15, -0.1) is 0 Å². The van der Waals surface area contributed by atoms with Gasteiger partial charge in [0.2, 0.25) is 11.8 Å². The Balaban J connectivity index is 1.89. The molecule has 1 aliphatic heterocycles. The van der Waals surface area contributed by atoms with Gasteiger partial charge in [0.15, 0.2) is 0 Å². The summed E-state index contributed by atoms with van der Waals surface area (Å²) in [5.41, 5.74) is -0.408. The minimum Gasteiger partial charge on any atom is -0.342 e. The molecule has 0 unspecified atom stereocenters. The number of alkyl halides is 3. The van der Waals surface area contributed by atoms with Gasteiger partial charge in [-0.1, -0.05) is 13.8 Å². The fourth-order valence-corrected chi connectivity index (χ4v) is 2.71. The normalized spacial score (nSPS) is 16.3. The molecule has 2 amide bonds. The second-order valence-corrected chi connectivity index (χ2v) is 6.32. The van der Waals surface area contributed by atoms with Crippen molar-refractivity contribution in [1.82, 2.24) is 4.90 Å². The van der Waals surface area contributed by atoms with Gasteiger partial charge in [-0.2, -0.15) is 13.2 Å². The van der Waals surface area contributed by atoms with Gasteiger partial charge in [0.1, 0.15) is 0 Å². The molecule has 0 aliphatic carbocycles. The van der Waals surface area contributed by atoms with E-state index in [2.05, 4.69) is 5.32 Å². The Morgan fingerprint density at radius 2 is 1.67 bits per heavy atom. The van der Waals surface area contributed by atoms with Crippen LogP contribution in [0.2, 0.25) is 0 Å². The second-order valence-electron chi connectivity index (χ2n) is 6.32. The number of hydrogen-bond acceptors (Lipinski definition) is 2. The molecule has 132 valence electrons. The van der Waals surface area contributed by atoms with Crippen LogP contribution < -0.4 is 5.32 Å². The van der Waals surface area contributed by atoms with Crippen molar-refractivity contribution >= 4 is 17.5 Å². The quantitative estimate of drug-likeness (QED) is 0.913. The first kappa shape index (κ1) is 18.3. The lowest BCUT2D eigenvalue weighted by Crippen LogP contribution is -2.43. The van der Waals surface area contributed by atoms with E-state index >= 15 is 0 Å². The molecular weight excluding hydrogens is 321 g/mol.